The number of fused-ring (bicyclic) bond motifs is 2. The number of amides is 3. The van der Waals surface area contributed by atoms with Crippen LogP contribution in [0.2, 0.25) is 0 Å². The summed E-state index contributed by atoms with van der Waals surface area (Å²) in [5, 5.41) is 13.5. The Morgan fingerprint density at radius 2 is 1.85 bits per heavy atom. The molecule has 0 atom stereocenters. The Balaban J connectivity index is 0.000000470. The Bertz CT molecular complexity index is 1480. The summed E-state index contributed by atoms with van der Waals surface area (Å²) in [5.74, 6) is -1.80. The number of allylic oxidation sites excluding steroid dienone is 1. The number of carbonyl (C=O) groups is 2. The molecule has 4 N–H and O–H groups in total. The largest absolute Gasteiger partial charge is 0.505 e. The van der Waals surface area contributed by atoms with Crippen molar-refractivity contribution in [2.45, 2.75) is 38.9 Å². The van der Waals surface area contributed by atoms with E-state index < -0.39 is 11.9 Å². The number of aliphatic hydroxyl groups is 1. The number of benzene rings is 1. The van der Waals surface area contributed by atoms with Crippen LogP contribution < -0.4 is 15.5 Å². The molecule has 2 aliphatic heterocycles. The number of hydrogen-bond acceptors (Lipinski definition) is 4. The van der Waals surface area contributed by atoms with Crippen molar-refractivity contribution < 1.29 is 27.9 Å². The number of pyridine rings is 1. The van der Waals surface area contributed by atoms with Crippen LogP contribution in [0.4, 0.5) is 23.7 Å². The molecule has 5 rings (SSSR count). The molecule has 0 saturated carbocycles. The van der Waals surface area contributed by atoms with E-state index in [-0.39, 0.29) is 17.5 Å². The molecule has 1 aromatic carbocycles. The predicted octanol–water partition coefficient (Wildman–Crippen LogP) is 5.85. The van der Waals surface area contributed by atoms with E-state index >= 15 is 0 Å². The lowest BCUT2D eigenvalue weighted by atomic mass is 9.99. The number of para-hydroxylation sites is 1. The van der Waals surface area contributed by atoms with Crippen LogP contribution in [0.3, 0.4) is 0 Å². The molecule has 11 heteroatoms. The third-order valence-corrected chi connectivity index (χ3v) is 6.14. The van der Waals surface area contributed by atoms with E-state index in [1.165, 1.54) is 0 Å². The Morgan fingerprint density at radius 3 is 2.50 bits per heavy atom. The molecule has 0 aliphatic carbocycles. The number of aromatic amines is 1. The second-order valence-corrected chi connectivity index (χ2v) is 10.5. The van der Waals surface area contributed by atoms with Gasteiger partial charge >= 0.3 is 12.2 Å². The fourth-order valence-electron chi connectivity index (χ4n) is 4.29. The average Bonchev–Trinajstić information content (AvgIpc) is 3.33. The van der Waals surface area contributed by atoms with Crippen LogP contribution in [-0.2, 0) is 6.42 Å². The van der Waals surface area contributed by atoms with Gasteiger partial charge in [-0.3, -0.25) is 14.7 Å². The Labute approximate surface area is 229 Å². The summed E-state index contributed by atoms with van der Waals surface area (Å²) in [6.07, 6.45) is 0.0137. The Hall–Kier alpha value is -4.54. The highest BCUT2D eigenvalue weighted by Gasteiger charge is 2.31. The minimum atomic E-state index is -4.64. The van der Waals surface area contributed by atoms with Crippen molar-refractivity contribution in [3.8, 4) is 11.3 Å². The fraction of sp³-hybridized carbons (Fsp3) is 0.276. The SMILES string of the molecule is C=C(O)C(F)(F)F.CC(C)(C)NC(=O)N1CC(c2cc(-c3cc4c([nH]3)CCNC4=O)ccn2)=Cc2ccccc21. The number of urea groups is 1. The van der Waals surface area contributed by atoms with Crippen molar-refractivity contribution in [3.05, 3.63) is 83.5 Å². The van der Waals surface area contributed by atoms with Gasteiger partial charge in [-0.2, -0.15) is 13.2 Å². The molecule has 0 bridgehead atoms. The molecule has 0 spiro atoms. The van der Waals surface area contributed by atoms with Crippen LogP contribution in [0, 0.1) is 0 Å². The summed E-state index contributed by atoms with van der Waals surface area (Å²) in [5.41, 5.74) is 6.76. The maximum absolute atomic E-state index is 13.1. The molecule has 0 fully saturated rings. The van der Waals surface area contributed by atoms with Crippen LogP contribution >= 0.6 is 0 Å². The van der Waals surface area contributed by atoms with Gasteiger partial charge in [0.25, 0.3) is 5.91 Å². The number of nitrogens with one attached hydrogen (secondary N) is 3. The number of alkyl halides is 3. The summed E-state index contributed by atoms with van der Waals surface area (Å²) < 4.78 is 32.5. The van der Waals surface area contributed by atoms with E-state index in [2.05, 4.69) is 33.3 Å². The van der Waals surface area contributed by atoms with Crippen molar-refractivity contribution in [2.24, 2.45) is 0 Å². The predicted molar refractivity (Wildman–Crippen MR) is 148 cm³/mol. The number of nitrogens with zero attached hydrogens (tertiary/aromatic N) is 2. The number of anilines is 1. The molecule has 2 aliphatic rings. The number of halogens is 3. The minimum Gasteiger partial charge on any atom is -0.505 e. The van der Waals surface area contributed by atoms with Gasteiger partial charge in [-0.1, -0.05) is 24.8 Å². The van der Waals surface area contributed by atoms with E-state index in [9.17, 15) is 22.8 Å². The molecule has 0 saturated heterocycles. The Morgan fingerprint density at radius 1 is 1.15 bits per heavy atom. The van der Waals surface area contributed by atoms with Gasteiger partial charge < -0.3 is 20.7 Å². The third kappa shape index (κ3) is 6.53. The molecule has 3 aromatic rings. The van der Waals surface area contributed by atoms with Gasteiger partial charge in [-0.05, 0) is 62.2 Å². The molecule has 210 valence electrons. The molecule has 4 heterocycles. The van der Waals surface area contributed by atoms with E-state index in [4.69, 9.17) is 5.11 Å². The zero-order chi connectivity index (χ0) is 29.2. The highest BCUT2D eigenvalue weighted by Crippen LogP contribution is 2.34. The van der Waals surface area contributed by atoms with Gasteiger partial charge in [0.15, 0.2) is 5.76 Å². The molecular weight excluding hydrogens is 523 g/mol. The summed E-state index contributed by atoms with van der Waals surface area (Å²) in [6, 6.07) is 13.6. The van der Waals surface area contributed by atoms with Crippen molar-refractivity contribution in [2.75, 3.05) is 18.0 Å². The first kappa shape index (κ1) is 28.5. The van der Waals surface area contributed by atoms with Gasteiger partial charge in [-0.15, -0.1) is 0 Å². The van der Waals surface area contributed by atoms with Crippen molar-refractivity contribution >= 4 is 29.3 Å². The quantitative estimate of drug-likeness (QED) is 0.298. The highest BCUT2D eigenvalue weighted by molar-refractivity contribution is 6.02. The lowest BCUT2D eigenvalue weighted by Crippen LogP contribution is -2.49. The lowest BCUT2D eigenvalue weighted by molar-refractivity contribution is -0.119. The maximum Gasteiger partial charge on any atom is 0.448 e. The zero-order valence-electron chi connectivity index (χ0n) is 22.3. The number of H-pyrrole nitrogens is 1. The standard InChI is InChI=1S/C26H27N5O2.C3H3F3O/c1-26(2,3)30-25(33)31-15-18(12-17-6-4-5-7-23(17)31)21-13-16(8-10-27-21)22-14-19-20(29-22)9-11-28-24(19)32;1-2(7)3(4,5)6/h4-8,10,12-14,29H,9,11,15H2,1-3H3,(H,28,32)(H,30,33);7H,1H2. The van der Waals surface area contributed by atoms with Crippen LogP contribution in [-0.4, -0.2) is 51.8 Å². The Kier molecular flexibility index (Phi) is 7.77. The minimum absolute atomic E-state index is 0.0415. The maximum atomic E-state index is 13.1. The molecule has 3 amide bonds. The summed E-state index contributed by atoms with van der Waals surface area (Å²) in [6.45, 7) is 9.23. The van der Waals surface area contributed by atoms with E-state index in [0.717, 1.165) is 45.9 Å². The smallest absolute Gasteiger partial charge is 0.448 e. The monoisotopic (exact) mass is 553 g/mol. The average molecular weight is 554 g/mol. The number of hydrogen-bond donors (Lipinski definition) is 4. The molecule has 0 radical (unpaired) electrons. The molecular formula is C29H30F3N5O3. The van der Waals surface area contributed by atoms with Crippen molar-refractivity contribution in [1.82, 2.24) is 20.6 Å². The lowest BCUT2D eigenvalue weighted by Gasteiger charge is -2.32. The number of carbonyl (C=O) groups excluding carboxylic acids is 2. The van der Waals surface area contributed by atoms with E-state index in [0.29, 0.717) is 18.7 Å². The molecule has 0 unspecified atom stereocenters. The van der Waals surface area contributed by atoms with Gasteiger partial charge in [0.1, 0.15) is 0 Å². The van der Waals surface area contributed by atoms with Crippen molar-refractivity contribution in [1.29, 1.82) is 0 Å². The van der Waals surface area contributed by atoms with Gasteiger partial charge in [-0.25, -0.2) is 4.79 Å². The van der Waals surface area contributed by atoms with Gasteiger partial charge in [0, 0.05) is 41.7 Å². The first-order valence-corrected chi connectivity index (χ1v) is 12.5. The van der Waals surface area contributed by atoms with Crippen LogP contribution in [0.5, 0.6) is 0 Å². The summed E-state index contributed by atoms with van der Waals surface area (Å²) >= 11 is 0. The number of aromatic nitrogens is 2. The molecule has 2 aromatic heterocycles. The first-order chi connectivity index (χ1) is 18.7. The topological polar surface area (TPSA) is 110 Å². The number of aliphatic hydroxyl groups excluding tert-OH is 1. The molecule has 8 nitrogen and oxygen atoms in total. The van der Waals surface area contributed by atoms with Crippen molar-refractivity contribution in [3.63, 3.8) is 0 Å². The van der Waals surface area contributed by atoms with Crippen LogP contribution in [0.15, 0.2) is 61.0 Å². The summed E-state index contributed by atoms with van der Waals surface area (Å²) in [4.78, 5) is 35.0. The second-order valence-electron chi connectivity index (χ2n) is 10.5. The number of rotatable bonds is 2. The zero-order valence-corrected chi connectivity index (χ0v) is 22.3. The van der Waals surface area contributed by atoms with E-state index in [1.807, 2.05) is 63.2 Å². The van der Waals surface area contributed by atoms with Gasteiger partial charge in [0.05, 0.1) is 23.5 Å². The highest BCUT2D eigenvalue weighted by atomic mass is 19.4. The van der Waals surface area contributed by atoms with Crippen LogP contribution in [0.25, 0.3) is 22.9 Å². The third-order valence-electron chi connectivity index (χ3n) is 6.14. The van der Waals surface area contributed by atoms with Gasteiger partial charge in [0.2, 0.25) is 0 Å². The normalized spacial score (nSPS) is 14.6. The second kappa shape index (κ2) is 10.9. The fourth-order valence-corrected chi connectivity index (χ4v) is 4.29. The van der Waals surface area contributed by atoms with E-state index in [1.54, 1.807) is 11.1 Å². The van der Waals surface area contributed by atoms with Crippen LogP contribution in [0.1, 0.15) is 48.1 Å². The first-order valence-electron chi connectivity index (χ1n) is 12.5. The molecule has 40 heavy (non-hydrogen) atoms. The summed E-state index contributed by atoms with van der Waals surface area (Å²) in [7, 11) is 0.